The summed E-state index contributed by atoms with van der Waals surface area (Å²) >= 11 is 0. The van der Waals surface area contributed by atoms with Gasteiger partial charge in [0, 0.05) is 13.2 Å². The Labute approximate surface area is 101 Å². The first kappa shape index (κ1) is 15.9. The van der Waals surface area contributed by atoms with Gasteiger partial charge in [-0.2, -0.15) is 0 Å². The van der Waals surface area contributed by atoms with Crippen LogP contribution < -0.4 is 5.73 Å². The highest BCUT2D eigenvalue weighted by molar-refractivity contribution is 4.62. The maximum Gasteiger partial charge on any atom is 0.0699 e. The lowest BCUT2D eigenvalue weighted by Gasteiger charge is -2.23. The Kier molecular flexibility index (Phi) is 11.3. The van der Waals surface area contributed by atoms with Crippen LogP contribution in [-0.4, -0.2) is 44.3 Å². The second kappa shape index (κ2) is 11.4. The SMILES string of the molecule is CCCCCOC(CC)CN(C)CCCN. The van der Waals surface area contributed by atoms with Crippen LogP contribution in [-0.2, 0) is 4.74 Å². The summed E-state index contributed by atoms with van der Waals surface area (Å²) in [5, 5.41) is 0. The Balaban J connectivity index is 3.56. The van der Waals surface area contributed by atoms with Crippen molar-refractivity contribution in [3.8, 4) is 0 Å². The number of unbranched alkanes of at least 4 members (excludes halogenated alkanes) is 2. The minimum atomic E-state index is 0.389. The van der Waals surface area contributed by atoms with E-state index in [2.05, 4.69) is 25.8 Å². The lowest BCUT2D eigenvalue weighted by molar-refractivity contribution is 0.0270. The first-order valence-corrected chi connectivity index (χ1v) is 6.74. The van der Waals surface area contributed by atoms with Crippen molar-refractivity contribution < 1.29 is 4.74 Å². The molecule has 0 fully saturated rings. The standard InChI is InChI=1S/C13H30N2O/c1-4-6-7-11-16-13(5-2)12-15(3)10-8-9-14/h13H,4-12,14H2,1-3H3. The molecule has 0 aromatic heterocycles. The molecule has 3 heteroatoms. The predicted molar refractivity (Wildman–Crippen MR) is 70.7 cm³/mol. The highest BCUT2D eigenvalue weighted by atomic mass is 16.5. The molecule has 0 rings (SSSR count). The van der Waals surface area contributed by atoms with Gasteiger partial charge in [-0.05, 0) is 39.4 Å². The van der Waals surface area contributed by atoms with Gasteiger partial charge in [-0.3, -0.25) is 0 Å². The second-order valence-electron chi connectivity index (χ2n) is 4.51. The fourth-order valence-corrected chi connectivity index (χ4v) is 1.70. The van der Waals surface area contributed by atoms with Crippen LogP contribution >= 0.6 is 0 Å². The highest BCUT2D eigenvalue weighted by Crippen LogP contribution is 2.03. The number of nitrogens with zero attached hydrogens (tertiary/aromatic N) is 1. The second-order valence-corrected chi connectivity index (χ2v) is 4.51. The third-order valence-corrected chi connectivity index (χ3v) is 2.82. The average molecular weight is 230 g/mol. The fraction of sp³-hybridized carbons (Fsp3) is 1.00. The first-order chi connectivity index (χ1) is 7.74. The van der Waals surface area contributed by atoms with Crippen LogP contribution in [0.2, 0.25) is 0 Å². The smallest absolute Gasteiger partial charge is 0.0699 e. The molecular weight excluding hydrogens is 200 g/mol. The topological polar surface area (TPSA) is 38.5 Å². The Morgan fingerprint density at radius 1 is 1.19 bits per heavy atom. The molecule has 1 atom stereocenters. The Bertz CT molecular complexity index is 142. The van der Waals surface area contributed by atoms with E-state index in [1.54, 1.807) is 0 Å². The lowest BCUT2D eigenvalue weighted by Crippen LogP contribution is -2.32. The quantitative estimate of drug-likeness (QED) is 0.553. The molecule has 98 valence electrons. The van der Waals surface area contributed by atoms with E-state index < -0.39 is 0 Å². The van der Waals surface area contributed by atoms with Crippen molar-refractivity contribution in [2.24, 2.45) is 5.73 Å². The molecule has 0 saturated heterocycles. The van der Waals surface area contributed by atoms with Crippen LogP contribution in [0.25, 0.3) is 0 Å². The summed E-state index contributed by atoms with van der Waals surface area (Å²) in [6.07, 6.45) is 6.29. The third kappa shape index (κ3) is 9.13. The molecule has 0 aliphatic rings. The largest absolute Gasteiger partial charge is 0.377 e. The van der Waals surface area contributed by atoms with Gasteiger partial charge in [-0.1, -0.05) is 26.7 Å². The lowest BCUT2D eigenvalue weighted by atomic mass is 10.2. The van der Waals surface area contributed by atoms with E-state index in [0.717, 1.165) is 39.1 Å². The monoisotopic (exact) mass is 230 g/mol. The maximum absolute atomic E-state index is 5.87. The van der Waals surface area contributed by atoms with Crippen molar-refractivity contribution in [1.29, 1.82) is 0 Å². The van der Waals surface area contributed by atoms with Crippen molar-refractivity contribution in [2.75, 3.05) is 33.3 Å². The van der Waals surface area contributed by atoms with Gasteiger partial charge in [-0.15, -0.1) is 0 Å². The highest BCUT2D eigenvalue weighted by Gasteiger charge is 2.09. The summed E-state index contributed by atoms with van der Waals surface area (Å²) in [6.45, 7) is 8.21. The van der Waals surface area contributed by atoms with E-state index in [9.17, 15) is 0 Å². The molecule has 0 saturated carbocycles. The number of rotatable bonds is 11. The van der Waals surface area contributed by atoms with Crippen LogP contribution in [0.4, 0.5) is 0 Å². The van der Waals surface area contributed by atoms with Gasteiger partial charge < -0.3 is 15.4 Å². The Hall–Kier alpha value is -0.120. The normalized spacial score (nSPS) is 13.3. The number of nitrogens with two attached hydrogens (primary N) is 1. The molecule has 0 aromatic rings. The molecule has 3 nitrogen and oxygen atoms in total. The van der Waals surface area contributed by atoms with E-state index in [0.29, 0.717) is 6.10 Å². The van der Waals surface area contributed by atoms with Crippen LogP contribution in [0.5, 0.6) is 0 Å². The molecule has 1 unspecified atom stereocenters. The maximum atomic E-state index is 5.87. The van der Waals surface area contributed by atoms with E-state index in [1.165, 1.54) is 19.3 Å². The first-order valence-electron chi connectivity index (χ1n) is 6.74. The van der Waals surface area contributed by atoms with E-state index >= 15 is 0 Å². The minimum absolute atomic E-state index is 0.389. The fourth-order valence-electron chi connectivity index (χ4n) is 1.70. The summed E-state index contributed by atoms with van der Waals surface area (Å²) < 4.78 is 5.87. The van der Waals surface area contributed by atoms with Gasteiger partial charge in [0.2, 0.25) is 0 Å². The molecule has 0 amide bonds. The van der Waals surface area contributed by atoms with Gasteiger partial charge in [-0.25, -0.2) is 0 Å². The number of hydrogen-bond acceptors (Lipinski definition) is 3. The van der Waals surface area contributed by atoms with Gasteiger partial charge in [0.05, 0.1) is 6.10 Å². The molecule has 0 aliphatic carbocycles. The van der Waals surface area contributed by atoms with Crippen molar-refractivity contribution in [1.82, 2.24) is 4.90 Å². The van der Waals surface area contributed by atoms with Gasteiger partial charge in [0.25, 0.3) is 0 Å². The molecule has 2 N–H and O–H groups in total. The van der Waals surface area contributed by atoms with Gasteiger partial charge >= 0.3 is 0 Å². The van der Waals surface area contributed by atoms with E-state index in [4.69, 9.17) is 10.5 Å². The summed E-state index contributed by atoms with van der Waals surface area (Å²) in [5.41, 5.74) is 5.50. The van der Waals surface area contributed by atoms with Crippen LogP contribution in [0.1, 0.15) is 46.0 Å². The zero-order valence-electron chi connectivity index (χ0n) is 11.4. The zero-order valence-corrected chi connectivity index (χ0v) is 11.4. The number of likely N-dealkylation sites (N-methyl/N-ethyl adjacent to an activating group) is 1. The Morgan fingerprint density at radius 3 is 2.50 bits per heavy atom. The molecule has 0 spiro atoms. The molecule has 16 heavy (non-hydrogen) atoms. The van der Waals surface area contributed by atoms with Crippen molar-refractivity contribution in [3.05, 3.63) is 0 Å². The zero-order chi connectivity index (χ0) is 12.2. The van der Waals surface area contributed by atoms with Crippen molar-refractivity contribution >= 4 is 0 Å². The molecule has 0 aromatic carbocycles. The summed E-state index contributed by atoms with van der Waals surface area (Å²) in [4.78, 5) is 2.32. The average Bonchev–Trinajstić information content (AvgIpc) is 2.30. The molecule has 0 heterocycles. The summed E-state index contributed by atoms with van der Waals surface area (Å²) in [5.74, 6) is 0. The Morgan fingerprint density at radius 2 is 1.94 bits per heavy atom. The molecule has 0 aliphatic heterocycles. The van der Waals surface area contributed by atoms with Gasteiger partial charge in [0.1, 0.15) is 0 Å². The van der Waals surface area contributed by atoms with E-state index in [1.807, 2.05) is 0 Å². The van der Waals surface area contributed by atoms with Crippen LogP contribution in [0.15, 0.2) is 0 Å². The number of ether oxygens (including phenoxy) is 1. The van der Waals surface area contributed by atoms with Crippen molar-refractivity contribution in [2.45, 2.75) is 52.1 Å². The van der Waals surface area contributed by atoms with Crippen molar-refractivity contribution in [3.63, 3.8) is 0 Å². The summed E-state index contributed by atoms with van der Waals surface area (Å²) in [6, 6.07) is 0. The number of hydrogen-bond donors (Lipinski definition) is 1. The predicted octanol–water partition coefficient (Wildman–Crippen LogP) is 2.25. The third-order valence-electron chi connectivity index (χ3n) is 2.82. The molecule has 0 radical (unpaired) electrons. The van der Waals surface area contributed by atoms with E-state index in [-0.39, 0.29) is 0 Å². The molecule has 0 bridgehead atoms. The summed E-state index contributed by atoms with van der Waals surface area (Å²) in [7, 11) is 2.15. The van der Waals surface area contributed by atoms with Crippen LogP contribution in [0.3, 0.4) is 0 Å². The minimum Gasteiger partial charge on any atom is -0.377 e. The molecular formula is C13H30N2O. The van der Waals surface area contributed by atoms with Gasteiger partial charge in [0.15, 0.2) is 0 Å². The van der Waals surface area contributed by atoms with Crippen LogP contribution in [0, 0.1) is 0 Å².